The fourth-order valence-electron chi connectivity index (χ4n) is 3.67. The normalized spacial score (nSPS) is 13.9. The average molecular weight is 593 g/mol. The first kappa shape index (κ1) is 33.1. The quantitative estimate of drug-likeness (QED) is 0.0531. The van der Waals surface area contributed by atoms with Crippen LogP contribution in [0.25, 0.3) is 0 Å². The van der Waals surface area contributed by atoms with Crippen LogP contribution in [0.3, 0.4) is 0 Å². The molecule has 1 aromatic carbocycles. The van der Waals surface area contributed by atoms with E-state index in [4.69, 9.17) is 48.5 Å². The number of quaternary nitrogens is 1. The van der Waals surface area contributed by atoms with E-state index in [2.05, 4.69) is 0 Å². The van der Waals surface area contributed by atoms with Crippen LogP contribution in [0.1, 0.15) is 24.8 Å². The predicted molar refractivity (Wildman–Crippen MR) is 138 cm³/mol. The van der Waals surface area contributed by atoms with E-state index < -0.39 is 38.6 Å². The van der Waals surface area contributed by atoms with Crippen molar-refractivity contribution in [2.24, 2.45) is 5.73 Å². The first-order valence-corrected chi connectivity index (χ1v) is 15.3. The molecule has 1 aromatic rings. The molecule has 0 aliphatic heterocycles. The summed E-state index contributed by atoms with van der Waals surface area (Å²) in [5, 5.41) is 6.42. The maximum absolute atomic E-state index is 12.6. The number of unbranched alkanes of at least 4 members (excludes halogenated alkanes) is 1. The monoisotopic (exact) mass is 592 g/mol. The van der Waals surface area contributed by atoms with Crippen molar-refractivity contribution in [3.8, 4) is 0 Å². The van der Waals surface area contributed by atoms with Gasteiger partial charge in [-0.1, -0.05) is 12.1 Å². The number of aliphatic hydroxyl groups is 1. The molecular formula is C20H34Cl2N3O9P2+. The second-order valence-electron chi connectivity index (χ2n) is 8.52. The van der Waals surface area contributed by atoms with Gasteiger partial charge in [-0.25, -0.2) is 9.28 Å². The molecule has 0 saturated carbocycles. The lowest BCUT2D eigenvalue weighted by Crippen LogP contribution is -2.50. The molecule has 0 aliphatic rings. The third-order valence-electron chi connectivity index (χ3n) is 5.96. The summed E-state index contributed by atoms with van der Waals surface area (Å²) in [6, 6.07) is 6.12. The molecule has 16 heteroatoms. The number of amides is 2. The number of benzene rings is 1. The third-order valence-corrected chi connectivity index (χ3v) is 10.2. The van der Waals surface area contributed by atoms with Gasteiger partial charge in [0.05, 0.1) is 17.8 Å². The molecular weight excluding hydrogens is 559 g/mol. The lowest BCUT2D eigenvalue weighted by Gasteiger charge is -2.30. The van der Waals surface area contributed by atoms with Crippen molar-refractivity contribution in [1.82, 2.24) is 9.38 Å². The van der Waals surface area contributed by atoms with Crippen LogP contribution in [-0.2, 0) is 25.1 Å². The fraction of sp³-hybridized carbons (Fsp3) is 0.600. The summed E-state index contributed by atoms with van der Waals surface area (Å²) >= 11 is 11.7. The van der Waals surface area contributed by atoms with Crippen molar-refractivity contribution in [2.75, 3.05) is 38.4 Å². The van der Waals surface area contributed by atoms with Crippen LogP contribution in [0.4, 0.5) is 5.69 Å². The number of nitrogens with zero attached hydrogens (tertiary/aromatic N) is 2. The third kappa shape index (κ3) is 8.31. The number of likely N-dealkylation sites (N-methyl/N-ethyl adjacent to an activating group) is 1. The van der Waals surface area contributed by atoms with Gasteiger partial charge in [0.2, 0.25) is 5.91 Å². The first-order valence-electron chi connectivity index (χ1n) is 11.0. The molecule has 0 heterocycles. The number of hydrogen-bond acceptors (Lipinski definition) is 6. The van der Waals surface area contributed by atoms with E-state index in [0.717, 1.165) is 12.0 Å². The van der Waals surface area contributed by atoms with Crippen LogP contribution in [0.15, 0.2) is 24.3 Å². The van der Waals surface area contributed by atoms with Gasteiger partial charge in [-0.2, -0.15) is 0 Å². The molecule has 2 amide bonds. The van der Waals surface area contributed by atoms with Gasteiger partial charge in [-0.05, 0) is 43.4 Å². The molecule has 0 saturated heterocycles. The maximum atomic E-state index is 12.6. The molecule has 0 unspecified atom stereocenters. The molecule has 206 valence electrons. The number of carbonyl (C=O) groups is 2. The predicted octanol–water partition coefficient (Wildman–Crippen LogP) is 1.13. The second-order valence-corrected chi connectivity index (χ2v) is 13.3. The van der Waals surface area contributed by atoms with Crippen molar-refractivity contribution in [3.05, 3.63) is 29.8 Å². The van der Waals surface area contributed by atoms with Crippen LogP contribution >= 0.6 is 38.4 Å². The Bertz CT molecular complexity index is 944. The van der Waals surface area contributed by atoms with Crippen molar-refractivity contribution in [2.45, 2.75) is 36.8 Å². The van der Waals surface area contributed by atoms with Crippen LogP contribution in [0.2, 0.25) is 0 Å². The Labute approximate surface area is 219 Å². The van der Waals surface area contributed by atoms with Gasteiger partial charge in [0.15, 0.2) is 0 Å². The number of carbonyl (C=O) groups excluding carboxylic acids is 2. The Hall–Kier alpha value is -0.880. The minimum absolute atomic E-state index is 0.0276. The van der Waals surface area contributed by atoms with E-state index in [1.165, 1.54) is 11.9 Å². The minimum Gasteiger partial charge on any atom is -0.368 e. The van der Waals surface area contributed by atoms with Gasteiger partial charge in [0, 0.05) is 13.6 Å². The molecule has 36 heavy (non-hydrogen) atoms. The molecule has 0 fully saturated rings. The maximum Gasteiger partial charge on any atom is 0.369 e. The van der Waals surface area contributed by atoms with E-state index >= 15 is 0 Å². The van der Waals surface area contributed by atoms with Crippen molar-refractivity contribution in [1.29, 1.82) is 0 Å². The van der Waals surface area contributed by atoms with Crippen LogP contribution < -0.4 is 10.2 Å². The summed E-state index contributed by atoms with van der Waals surface area (Å²) in [5.41, 5.74) is 7.51. The molecule has 1 atom stereocenters. The SMILES string of the molecule is CN(CCCCC(O)(P(=O)(O)O)P(=O)(O)O)C(=O)[C@@H](N)Cc1ccc([N+](C=O)(CCCl)CCCl)cc1. The number of rotatable bonds is 16. The van der Waals surface area contributed by atoms with E-state index in [0.29, 0.717) is 18.8 Å². The number of hydrogen-bond donors (Lipinski definition) is 6. The highest BCUT2D eigenvalue weighted by molar-refractivity contribution is 7.72. The van der Waals surface area contributed by atoms with Gasteiger partial charge in [0.25, 0.3) is 5.08 Å². The Morgan fingerprint density at radius 3 is 2.00 bits per heavy atom. The van der Waals surface area contributed by atoms with Crippen LogP contribution in [0.5, 0.6) is 0 Å². The van der Waals surface area contributed by atoms with E-state index in [9.17, 15) is 23.8 Å². The lowest BCUT2D eigenvalue weighted by atomic mass is 10.0. The molecule has 0 radical (unpaired) electrons. The Morgan fingerprint density at radius 2 is 1.58 bits per heavy atom. The molecule has 0 bridgehead atoms. The Kier molecular flexibility index (Phi) is 12.7. The summed E-state index contributed by atoms with van der Waals surface area (Å²) < 4.78 is 22.8. The van der Waals surface area contributed by atoms with Crippen molar-refractivity contribution < 1.29 is 43.4 Å². The molecule has 0 aromatic heterocycles. The Morgan fingerprint density at radius 1 is 1.08 bits per heavy atom. The fourth-order valence-corrected chi connectivity index (χ4v) is 6.53. The van der Waals surface area contributed by atoms with Gasteiger partial charge in [0.1, 0.15) is 18.8 Å². The van der Waals surface area contributed by atoms with Gasteiger partial charge < -0.3 is 35.3 Å². The zero-order chi connectivity index (χ0) is 27.8. The zero-order valence-corrected chi connectivity index (χ0v) is 23.1. The minimum atomic E-state index is -5.51. The highest BCUT2D eigenvalue weighted by atomic mass is 35.5. The van der Waals surface area contributed by atoms with Crippen molar-refractivity contribution in [3.63, 3.8) is 0 Å². The highest BCUT2D eigenvalue weighted by Gasteiger charge is 2.58. The Balaban J connectivity index is 2.73. The molecule has 0 spiro atoms. The zero-order valence-electron chi connectivity index (χ0n) is 19.8. The van der Waals surface area contributed by atoms with Crippen molar-refractivity contribution >= 4 is 56.4 Å². The number of nitrogens with two attached hydrogens (primary N) is 1. The number of alkyl halides is 2. The van der Waals surface area contributed by atoms with Gasteiger partial charge in [-0.15, -0.1) is 23.2 Å². The van der Waals surface area contributed by atoms with E-state index in [1.54, 1.807) is 24.3 Å². The van der Waals surface area contributed by atoms with Gasteiger partial charge >= 0.3 is 21.6 Å². The summed E-state index contributed by atoms with van der Waals surface area (Å²) in [5.74, 6) is 0.115. The summed E-state index contributed by atoms with van der Waals surface area (Å²) in [7, 11) is -9.56. The standard InChI is InChI=1S/C20H33Cl2N3O9P2/c1-24(11-3-2-8-20(28,35(29,30)31)36(32,33)34)19(27)18(23)14-16-4-6-17(7-5-16)25(15-26,12-9-21)13-10-22/h4-7,15,18,28H,2-3,8-14,23H2,1H3,(H3-,29,30,31,32,33,34)/p+1/t18-/m0/s1. The average Bonchev–Trinajstić information content (AvgIpc) is 2.79. The lowest BCUT2D eigenvalue weighted by molar-refractivity contribution is -0.131. The molecule has 7 N–H and O–H groups in total. The highest BCUT2D eigenvalue weighted by Crippen LogP contribution is 2.69. The number of halogens is 2. The van der Waals surface area contributed by atoms with E-state index in [-0.39, 0.29) is 42.1 Å². The summed E-state index contributed by atoms with van der Waals surface area (Å²) in [4.78, 5) is 62.4. The topological polar surface area (TPSA) is 199 Å². The summed E-state index contributed by atoms with van der Waals surface area (Å²) in [6.07, 6.45) is 0.0910. The molecule has 1 rings (SSSR count). The van der Waals surface area contributed by atoms with Crippen LogP contribution in [0, 0.1) is 0 Å². The smallest absolute Gasteiger partial charge is 0.368 e. The molecule has 0 aliphatic carbocycles. The van der Waals surface area contributed by atoms with E-state index in [1.807, 2.05) is 0 Å². The largest absolute Gasteiger partial charge is 0.369 e. The second kappa shape index (κ2) is 13.8. The molecule has 12 nitrogen and oxygen atoms in total. The summed E-state index contributed by atoms with van der Waals surface area (Å²) in [6.45, 7) is 0.833. The first-order chi connectivity index (χ1) is 16.6. The van der Waals surface area contributed by atoms with Gasteiger partial charge in [-0.3, -0.25) is 13.9 Å². The van der Waals surface area contributed by atoms with Crippen LogP contribution in [-0.4, -0.2) is 91.5 Å².